The molecule has 2 aliphatic rings. The molecule has 0 saturated carbocycles. The van der Waals surface area contributed by atoms with Crippen molar-refractivity contribution in [3.8, 4) is 0 Å². The van der Waals surface area contributed by atoms with Crippen molar-refractivity contribution in [1.29, 1.82) is 0 Å². The predicted octanol–water partition coefficient (Wildman–Crippen LogP) is 1.85. The molecule has 6 nitrogen and oxygen atoms in total. The van der Waals surface area contributed by atoms with E-state index in [0.717, 1.165) is 0 Å². The number of nitrogens with zero attached hydrogens (tertiary/aromatic N) is 4. The van der Waals surface area contributed by atoms with Crippen LogP contribution in [0.5, 0.6) is 0 Å². The van der Waals surface area contributed by atoms with Crippen molar-refractivity contribution in [2.45, 2.75) is 12.5 Å². The highest BCUT2D eigenvalue weighted by atomic mass is 19.1. The van der Waals surface area contributed by atoms with Crippen LogP contribution in [-0.4, -0.2) is 59.2 Å². The molecule has 4 rings (SSSR count). The first-order valence-corrected chi connectivity index (χ1v) is 8.22. The molecule has 0 atom stereocenters. The van der Waals surface area contributed by atoms with Crippen molar-refractivity contribution < 1.29 is 13.9 Å². The number of halogens is 1. The van der Waals surface area contributed by atoms with Crippen molar-refractivity contribution in [2.24, 2.45) is 0 Å². The number of anilines is 1. The molecule has 1 amide bonds. The number of piperazine rings is 1. The monoisotopic (exact) mass is 342 g/mol. The van der Waals surface area contributed by atoms with E-state index in [1.54, 1.807) is 19.2 Å². The maximum absolute atomic E-state index is 14.3. The molecular formula is C18H19FN4O2. The van der Waals surface area contributed by atoms with E-state index in [0.29, 0.717) is 55.3 Å². The van der Waals surface area contributed by atoms with Crippen LogP contribution in [0.4, 0.5) is 10.3 Å². The van der Waals surface area contributed by atoms with Gasteiger partial charge in [-0.3, -0.25) is 4.79 Å². The van der Waals surface area contributed by atoms with Crippen molar-refractivity contribution in [2.75, 3.05) is 37.7 Å². The fourth-order valence-electron chi connectivity index (χ4n) is 3.61. The van der Waals surface area contributed by atoms with Gasteiger partial charge in [0.2, 0.25) is 11.9 Å². The quantitative estimate of drug-likeness (QED) is 0.834. The normalized spacial score (nSPS) is 19.1. The lowest BCUT2D eigenvalue weighted by Gasteiger charge is -2.54. The van der Waals surface area contributed by atoms with E-state index in [2.05, 4.69) is 16.5 Å². The standard InChI is InChI=1S/C18H19FN4O2/c1-3-13-6-14-8-20-17(21-16(14)15(19)7-13)22-4-5-23(12(2)24)18(9-22)10-25-11-18/h3,6-8H,1,4-5,9-11H2,2H3. The summed E-state index contributed by atoms with van der Waals surface area (Å²) in [4.78, 5) is 24.6. The van der Waals surface area contributed by atoms with Crippen LogP contribution in [0.2, 0.25) is 0 Å². The highest BCUT2D eigenvalue weighted by Gasteiger charge is 2.49. The Morgan fingerprint density at radius 2 is 2.20 bits per heavy atom. The first-order chi connectivity index (χ1) is 12.0. The van der Waals surface area contributed by atoms with E-state index in [4.69, 9.17) is 4.74 Å². The summed E-state index contributed by atoms with van der Waals surface area (Å²) >= 11 is 0. The Balaban J connectivity index is 1.67. The molecule has 3 heterocycles. The van der Waals surface area contributed by atoms with Crippen LogP contribution in [-0.2, 0) is 9.53 Å². The first-order valence-electron chi connectivity index (χ1n) is 8.22. The molecule has 1 aromatic carbocycles. The molecule has 2 aromatic rings. The van der Waals surface area contributed by atoms with Gasteiger partial charge in [-0.05, 0) is 17.7 Å². The zero-order chi connectivity index (χ0) is 17.6. The Bertz CT molecular complexity index is 866. The molecular weight excluding hydrogens is 323 g/mol. The van der Waals surface area contributed by atoms with Crippen molar-refractivity contribution in [1.82, 2.24) is 14.9 Å². The number of carbonyl (C=O) groups is 1. The van der Waals surface area contributed by atoms with Gasteiger partial charge in [0.1, 0.15) is 16.9 Å². The van der Waals surface area contributed by atoms with E-state index in [1.165, 1.54) is 6.07 Å². The number of hydrogen-bond donors (Lipinski definition) is 0. The molecule has 2 fully saturated rings. The molecule has 2 aliphatic heterocycles. The third kappa shape index (κ3) is 2.55. The lowest BCUT2D eigenvalue weighted by atomic mass is 9.91. The molecule has 0 unspecified atom stereocenters. The van der Waals surface area contributed by atoms with Crippen LogP contribution in [0, 0.1) is 5.82 Å². The van der Waals surface area contributed by atoms with Crippen molar-refractivity contribution in [3.63, 3.8) is 0 Å². The fourth-order valence-corrected chi connectivity index (χ4v) is 3.61. The first kappa shape index (κ1) is 16.0. The number of hydrogen-bond acceptors (Lipinski definition) is 5. The second-order valence-electron chi connectivity index (χ2n) is 6.62. The minimum absolute atomic E-state index is 0.0466. The molecule has 0 N–H and O–H groups in total. The molecule has 25 heavy (non-hydrogen) atoms. The maximum Gasteiger partial charge on any atom is 0.226 e. The third-order valence-corrected chi connectivity index (χ3v) is 4.94. The Morgan fingerprint density at radius 3 is 2.84 bits per heavy atom. The second kappa shape index (κ2) is 5.77. The highest BCUT2D eigenvalue weighted by molar-refractivity contribution is 5.82. The molecule has 0 bridgehead atoms. The Kier molecular flexibility index (Phi) is 3.68. The molecule has 0 aliphatic carbocycles. The molecule has 2 saturated heterocycles. The number of ether oxygens (including phenoxy) is 1. The lowest BCUT2D eigenvalue weighted by molar-refractivity contribution is -0.167. The van der Waals surface area contributed by atoms with Gasteiger partial charge in [0, 0.05) is 38.1 Å². The average molecular weight is 342 g/mol. The Labute approximate surface area is 144 Å². The van der Waals surface area contributed by atoms with Gasteiger partial charge < -0.3 is 14.5 Å². The number of amides is 1. The summed E-state index contributed by atoms with van der Waals surface area (Å²) in [6.45, 7) is 8.04. The summed E-state index contributed by atoms with van der Waals surface area (Å²) in [6.07, 6.45) is 3.23. The summed E-state index contributed by atoms with van der Waals surface area (Å²) in [6, 6.07) is 3.23. The van der Waals surface area contributed by atoms with Gasteiger partial charge >= 0.3 is 0 Å². The summed E-state index contributed by atoms with van der Waals surface area (Å²) in [5, 5.41) is 0.641. The van der Waals surface area contributed by atoms with Crippen LogP contribution >= 0.6 is 0 Å². The van der Waals surface area contributed by atoms with Crippen LogP contribution in [0.15, 0.2) is 24.9 Å². The van der Waals surface area contributed by atoms with E-state index in [-0.39, 0.29) is 17.3 Å². The van der Waals surface area contributed by atoms with Gasteiger partial charge in [-0.1, -0.05) is 12.7 Å². The zero-order valence-electron chi connectivity index (χ0n) is 14.0. The average Bonchev–Trinajstić information content (AvgIpc) is 2.59. The SMILES string of the molecule is C=Cc1cc(F)c2nc(N3CCN(C(C)=O)C4(COC4)C3)ncc2c1. The number of carbonyl (C=O) groups excluding carboxylic acids is 1. The zero-order valence-corrected chi connectivity index (χ0v) is 14.0. The maximum atomic E-state index is 14.3. The smallest absolute Gasteiger partial charge is 0.226 e. The van der Waals surface area contributed by atoms with Crippen LogP contribution in [0.1, 0.15) is 12.5 Å². The van der Waals surface area contributed by atoms with Crippen LogP contribution in [0.3, 0.4) is 0 Å². The molecule has 0 radical (unpaired) electrons. The largest absolute Gasteiger partial charge is 0.376 e. The van der Waals surface area contributed by atoms with Gasteiger partial charge in [-0.25, -0.2) is 14.4 Å². The lowest BCUT2D eigenvalue weighted by Crippen LogP contribution is -2.72. The van der Waals surface area contributed by atoms with E-state index < -0.39 is 0 Å². The van der Waals surface area contributed by atoms with Gasteiger partial charge in [0.15, 0.2) is 0 Å². The highest BCUT2D eigenvalue weighted by Crippen LogP contribution is 2.31. The molecule has 1 aromatic heterocycles. The summed E-state index contributed by atoms with van der Waals surface area (Å²) in [5.74, 6) is 0.137. The second-order valence-corrected chi connectivity index (χ2v) is 6.62. The van der Waals surface area contributed by atoms with Crippen molar-refractivity contribution in [3.05, 3.63) is 36.3 Å². The Morgan fingerprint density at radius 1 is 1.40 bits per heavy atom. The summed E-state index contributed by atoms with van der Waals surface area (Å²) in [7, 11) is 0. The van der Waals surface area contributed by atoms with Gasteiger partial charge in [0.25, 0.3) is 0 Å². The minimum atomic E-state index is -0.389. The molecule has 1 spiro atoms. The van der Waals surface area contributed by atoms with Crippen LogP contribution in [0.25, 0.3) is 17.0 Å². The minimum Gasteiger partial charge on any atom is -0.376 e. The van der Waals surface area contributed by atoms with Gasteiger partial charge in [-0.2, -0.15) is 0 Å². The van der Waals surface area contributed by atoms with E-state index in [1.807, 2.05) is 15.9 Å². The number of benzene rings is 1. The third-order valence-electron chi connectivity index (χ3n) is 4.94. The number of aromatic nitrogens is 2. The topological polar surface area (TPSA) is 58.6 Å². The summed E-state index contributed by atoms with van der Waals surface area (Å²) < 4.78 is 19.7. The van der Waals surface area contributed by atoms with E-state index in [9.17, 15) is 9.18 Å². The number of rotatable bonds is 2. The summed E-state index contributed by atoms with van der Waals surface area (Å²) in [5.41, 5.74) is 0.665. The van der Waals surface area contributed by atoms with Gasteiger partial charge in [-0.15, -0.1) is 0 Å². The van der Waals surface area contributed by atoms with Gasteiger partial charge in [0.05, 0.1) is 13.2 Å². The molecule has 130 valence electrons. The van der Waals surface area contributed by atoms with Crippen molar-refractivity contribution >= 4 is 28.8 Å². The Hall–Kier alpha value is -2.54. The molecule has 7 heteroatoms. The number of fused-ring (bicyclic) bond motifs is 1. The van der Waals surface area contributed by atoms with E-state index >= 15 is 0 Å². The fraction of sp³-hybridized carbons (Fsp3) is 0.389. The van der Waals surface area contributed by atoms with Crippen LogP contribution < -0.4 is 4.90 Å². The predicted molar refractivity (Wildman–Crippen MR) is 92.7 cm³/mol.